The second kappa shape index (κ2) is 9.93. The van der Waals surface area contributed by atoms with Crippen LogP contribution in [-0.2, 0) is 5.41 Å². The maximum Gasteiger partial charge on any atom is 0.191 e. The molecule has 2 aromatic rings. The molecule has 0 aromatic carbocycles. The number of hydrogen-bond donors (Lipinski definition) is 2. The zero-order valence-electron chi connectivity index (χ0n) is 15.9. The standard InChI is InChI=1S/C19H26ClN5S.HI/c1-19(2,16-7-5-11-26-16)13-23-18(21-3)24-14-8-10-25(12-14)17-15(20)6-4-9-22-17;/h4-7,9,11,14H,8,10,12-13H2,1-3H3,(H2,21,23,24);1H. The Hall–Kier alpha value is -1.06. The van der Waals surface area contributed by atoms with Gasteiger partial charge in [0.2, 0.25) is 0 Å². The number of nitrogens with one attached hydrogen (secondary N) is 2. The summed E-state index contributed by atoms with van der Waals surface area (Å²) >= 11 is 8.07. The van der Waals surface area contributed by atoms with Crippen LogP contribution >= 0.6 is 46.9 Å². The Labute approximate surface area is 187 Å². The fourth-order valence-corrected chi connectivity index (χ4v) is 4.22. The highest BCUT2D eigenvalue weighted by atomic mass is 127. The normalized spacial score (nSPS) is 17.6. The summed E-state index contributed by atoms with van der Waals surface area (Å²) in [5, 5.41) is 9.84. The monoisotopic (exact) mass is 519 g/mol. The number of pyridine rings is 1. The van der Waals surface area contributed by atoms with Gasteiger partial charge >= 0.3 is 0 Å². The van der Waals surface area contributed by atoms with Crippen molar-refractivity contribution in [1.29, 1.82) is 0 Å². The van der Waals surface area contributed by atoms with Gasteiger partial charge in [0.1, 0.15) is 5.82 Å². The molecule has 1 fully saturated rings. The van der Waals surface area contributed by atoms with Gasteiger partial charge < -0.3 is 15.5 Å². The largest absolute Gasteiger partial charge is 0.356 e. The third-order valence-corrected chi connectivity index (χ3v) is 6.21. The highest BCUT2D eigenvalue weighted by Gasteiger charge is 2.26. The van der Waals surface area contributed by atoms with Gasteiger partial charge in [-0.15, -0.1) is 35.3 Å². The lowest BCUT2D eigenvalue weighted by molar-refractivity contribution is 0.514. The van der Waals surface area contributed by atoms with E-state index in [4.69, 9.17) is 11.6 Å². The lowest BCUT2D eigenvalue weighted by Gasteiger charge is -2.26. The van der Waals surface area contributed by atoms with E-state index >= 15 is 0 Å². The fourth-order valence-electron chi connectivity index (χ4n) is 3.12. The fraction of sp³-hybridized carbons (Fsp3) is 0.474. The Kier molecular flexibility index (Phi) is 8.18. The summed E-state index contributed by atoms with van der Waals surface area (Å²) in [5.41, 5.74) is 0.0645. The molecule has 0 amide bonds. The molecule has 1 saturated heterocycles. The molecule has 0 spiro atoms. The summed E-state index contributed by atoms with van der Waals surface area (Å²) in [6, 6.07) is 8.36. The van der Waals surface area contributed by atoms with Crippen LogP contribution in [0.25, 0.3) is 0 Å². The average molecular weight is 520 g/mol. The molecular weight excluding hydrogens is 493 g/mol. The van der Waals surface area contributed by atoms with Gasteiger partial charge in [0.05, 0.1) is 5.02 Å². The quantitative estimate of drug-likeness (QED) is 0.354. The summed E-state index contributed by atoms with van der Waals surface area (Å²) in [4.78, 5) is 12.4. The van der Waals surface area contributed by atoms with Crippen molar-refractivity contribution in [2.24, 2.45) is 4.99 Å². The van der Waals surface area contributed by atoms with E-state index in [-0.39, 0.29) is 29.4 Å². The number of aliphatic imine (C=N–C) groups is 1. The van der Waals surface area contributed by atoms with Crippen molar-refractivity contribution in [2.75, 3.05) is 31.6 Å². The van der Waals surface area contributed by atoms with Gasteiger partial charge in [-0.25, -0.2) is 4.98 Å². The zero-order valence-corrected chi connectivity index (χ0v) is 19.8. The second-order valence-electron chi connectivity index (χ2n) is 7.17. The van der Waals surface area contributed by atoms with Crippen LogP contribution in [-0.4, -0.2) is 43.7 Å². The first-order valence-electron chi connectivity index (χ1n) is 8.86. The van der Waals surface area contributed by atoms with E-state index < -0.39 is 0 Å². The number of nitrogens with zero attached hydrogens (tertiary/aromatic N) is 3. The summed E-state index contributed by atoms with van der Waals surface area (Å²) < 4.78 is 0. The number of thiophene rings is 1. The third kappa shape index (κ3) is 5.71. The summed E-state index contributed by atoms with van der Waals surface area (Å²) in [5.74, 6) is 1.70. The Balaban J connectivity index is 0.00000261. The molecular formula is C19H27ClIN5S. The Bertz CT molecular complexity index is 750. The third-order valence-electron chi connectivity index (χ3n) is 4.68. The molecule has 1 aliphatic rings. The summed E-state index contributed by atoms with van der Waals surface area (Å²) in [6.45, 7) is 7.13. The van der Waals surface area contributed by atoms with Crippen LogP contribution in [0.1, 0.15) is 25.1 Å². The smallest absolute Gasteiger partial charge is 0.191 e. The van der Waals surface area contributed by atoms with Crippen LogP contribution in [0.2, 0.25) is 5.02 Å². The number of anilines is 1. The molecule has 148 valence electrons. The Morgan fingerprint density at radius 1 is 1.41 bits per heavy atom. The lowest BCUT2D eigenvalue weighted by atomic mass is 9.91. The van der Waals surface area contributed by atoms with Crippen LogP contribution in [0.15, 0.2) is 40.8 Å². The topological polar surface area (TPSA) is 52.6 Å². The van der Waals surface area contributed by atoms with Crippen molar-refractivity contribution in [1.82, 2.24) is 15.6 Å². The van der Waals surface area contributed by atoms with Gasteiger partial charge in [-0.3, -0.25) is 4.99 Å². The molecule has 3 rings (SSSR count). The molecule has 2 aromatic heterocycles. The van der Waals surface area contributed by atoms with Crippen molar-refractivity contribution in [2.45, 2.75) is 31.7 Å². The number of aromatic nitrogens is 1. The first-order chi connectivity index (χ1) is 12.5. The molecule has 1 atom stereocenters. The van der Waals surface area contributed by atoms with Crippen molar-refractivity contribution in [3.63, 3.8) is 0 Å². The molecule has 1 aliphatic heterocycles. The van der Waals surface area contributed by atoms with Crippen LogP contribution in [0.4, 0.5) is 5.82 Å². The van der Waals surface area contributed by atoms with Gasteiger partial charge in [-0.2, -0.15) is 0 Å². The van der Waals surface area contributed by atoms with Crippen LogP contribution < -0.4 is 15.5 Å². The van der Waals surface area contributed by atoms with E-state index in [9.17, 15) is 0 Å². The number of guanidine groups is 1. The molecule has 27 heavy (non-hydrogen) atoms. The van der Waals surface area contributed by atoms with Gasteiger partial charge in [-0.05, 0) is 30.0 Å². The van der Waals surface area contributed by atoms with Gasteiger partial charge in [-0.1, -0.05) is 31.5 Å². The van der Waals surface area contributed by atoms with Crippen molar-refractivity contribution < 1.29 is 0 Å². The van der Waals surface area contributed by atoms with Crippen LogP contribution in [0.3, 0.4) is 0 Å². The molecule has 3 heterocycles. The molecule has 0 aliphatic carbocycles. The zero-order chi connectivity index (χ0) is 18.6. The number of hydrogen-bond acceptors (Lipinski definition) is 4. The van der Waals surface area contributed by atoms with Gasteiger partial charge in [0.25, 0.3) is 0 Å². The lowest BCUT2D eigenvalue weighted by Crippen LogP contribution is -2.47. The van der Waals surface area contributed by atoms with Crippen molar-refractivity contribution in [3.8, 4) is 0 Å². The number of halogens is 2. The number of rotatable bonds is 5. The molecule has 2 N–H and O–H groups in total. The van der Waals surface area contributed by atoms with E-state index in [1.54, 1.807) is 17.5 Å². The van der Waals surface area contributed by atoms with E-state index in [0.717, 1.165) is 37.8 Å². The van der Waals surface area contributed by atoms with E-state index in [0.29, 0.717) is 11.1 Å². The predicted molar refractivity (Wildman–Crippen MR) is 127 cm³/mol. The molecule has 5 nitrogen and oxygen atoms in total. The predicted octanol–water partition coefficient (Wildman–Crippen LogP) is 4.14. The Morgan fingerprint density at radius 2 is 2.22 bits per heavy atom. The van der Waals surface area contributed by atoms with E-state index in [1.807, 2.05) is 19.2 Å². The van der Waals surface area contributed by atoms with Crippen LogP contribution in [0.5, 0.6) is 0 Å². The molecule has 8 heteroatoms. The van der Waals surface area contributed by atoms with Crippen molar-refractivity contribution in [3.05, 3.63) is 45.7 Å². The molecule has 0 radical (unpaired) electrons. The molecule has 0 bridgehead atoms. The van der Waals surface area contributed by atoms with E-state index in [1.165, 1.54) is 4.88 Å². The van der Waals surface area contributed by atoms with E-state index in [2.05, 4.69) is 56.9 Å². The molecule has 0 saturated carbocycles. The first-order valence-corrected chi connectivity index (χ1v) is 10.1. The average Bonchev–Trinajstić information content (AvgIpc) is 3.31. The minimum Gasteiger partial charge on any atom is -0.356 e. The molecule has 1 unspecified atom stereocenters. The van der Waals surface area contributed by atoms with Gasteiger partial charge in [0, 0.05) is 49.2 Å². The minimum atomic E-state index is 0. The highest BCUT2D eigenvalue weighted by molar-refractivity contribution is 14.0. The first kappa shape index (κ1) is 22.2. The van der Waals surface area contributed by atoms with Gasteiger partial charge in [0.15, 0.2) is 5.96 Å². The van der Waals surface area contributed by atoms with Crippen molar-refractivity contribution >= 4 is 58.7 Å². The minimum absolute atomic E-state index is 0. The Morgan fingerprint density at radius 3 is 2.89 bits per heavy atom. The maximum absolute atomic E-state index is 6.27. The summed E-state index contributed by atoms with van der Waals surface area (Å²) in [6.07, 6.45) is 2.82. The van der Waals surface area contributed by atoms with Crippen LogP contribution in [0, 0.1) is 0 Å². The maximum atomic E-state index is 6.27. The highest BCUT2D eigenvalue weighted by Crippen LogP contribution is 2.27. The SMILES string of the molecule is CN=C(NCC(C)(C)c1cccs1)NC1CCN(c2ncccc2Cl)C1.I. The summed E-state index contributed by atoms with van der Waals surface area (Å²) in [7, 11) is 1.82. The second-order valence-corrected chi connectivity index (χ2v) is 8.53.